The number of carbonyl (C=O) groups excluding carboxylic acids is 2. The Labute approximate surface area is 118 Å². The molecular formula is C15H21N3O2. The summed E-state index contributed by atoms with van der Waals surface area (Å²) in [6, 6.07) is 7.66. The predicted molar refractivity (Wildman–Crippen MR) is 77.0 cm³/mol. The summed E-state index contributed by atoms with van der Waals surface area (Å²) in [5.41, 5.74) is 6.99. The normalized spacial score (nSPS) is 15.5. The molecule has 4 N–H and O–H groups in total. The van der Waals surface area contributed by atoms with E-state index in [1.54, 1.807) is 13.0 Å². The van der Waals surface area contributed by atoms with E-state index in [0.29, 0.717) is 24.7 Å². The molecule has 0 bridgehead atoms. The molecule has 0 heterocycles. The Balaban J connectivity index is 1.91. The number of rotatable bonds is 6. The number of nitrogens with one attached hydrogen (secondary N) is 2. The highest BCUT2D eigenvalue weighted by Crippen LogP contribution is 2.19. The Bertz CT molecular complexity index is 498. The molecule has 1 atom stereocenters. The smallest absolute Gasteiger partial charge is 0.251 e. The topological polar surface area (TPSA) is 84.2 Å². The third-order valence-corrected chi connectivity index (χ3v) is 3.37. The van der Waals surface area contributed by atoms with Gasteiger partial charge >= 0.3 is 0 Å². The average molecular weight is 275 g/mol. The molecule has 0 aliphatic heterocycles. The van der Waals surface area contributed by atoms with Gasteiger partial charge in [-0.05, 0) is 30.5 Å². The van der Waals surface area contributed by atoms with Crippen molar-refractivity contribution < 1.29 is 9.59 Å². The Kier molecular flexibility index (Phi) is 4.74. The first-order chi connectivity index (χ1) is 9.60. The Morgan fingerprint density at radius 3 is 2.80 bits per heavy atom. The van der Waals surface area contributed by atoms with E-state index in [0.717, 1.165) is 18.4 Å². The fourth-order valence-electron chi connectivity index (χ4n) is 1.79. The van der Waals surface area contributed by atoms with Crippen LogP contribution in [0.25, 0.3) is 0 Å². The SMILES string of the molecule is CC(CN)C(=O)NCc1cccc(C(=O)NC2CC2)c1. The largest absolute Gasteiger partial charge is 0.352 e. The zero-order chi connectivity index (χ0) is 14.5. The quantitative estimate of drug-likeness (QED) is 0.717. The van der Waals surface area contributed by atoms with Gasteiger partial charge in [-0.3, -0.25) is 9.59 Å². The average Bonchev–Trinajstić information content (AvgIpc) is 3.28. The van der Waals surface area contributed by atoms with Crippen molar-refractivity contribution in [1.29, 1.82) is 0 Å². The summed E-state index contributed by atoms with van der Waals surface area (Å²) in [5, 5.41) is 5.77. The molecule has 5 nitrogen and oxygen atoms in total. The van der Waals surface area contributed by atoms with Gasteiger partial charge in [-0.15, -0.1) is 0 Å². The third kappa shape index (κ3) is 4.06. The molecule has 1 aliphatic carbocycles. The van der Waals surface area contributed by atoms with Gasteiger partial charge in [0.25, 0.3) is 5.91 Å². The lowest BCUT2D eigenvalue weighted by Crippen LogP contribution is -2.32. The Morgan fingerprint density at radius 1 is 1.40 bits per heavy atom. The maximum Gasteiger partial charge on any atom is 0.251 e. The molecule has 20 heavy (non-hydrogen) atoms. The summed E-state index contributed by atoms with van der Waals surface area (Å²) in [7, 11) is 0. The monoisotopic (exact) mass is 275 g/mol. The minimum atomic E-state index is -0.198. The van der Waals surface area contributed by atoms with Crippen LogP contribution in [0.3, 0.4) is 0 Å². The molecule has 0 aromatic heterocycles. The summed E-state index contributed by atoms with van der Waals surface area (Å²) in [5.74, 6) is -0.312. The number of amides is 2. The first-order valence-electron chi connectivity index (χ1n) is 6.97. The highest BCUT2D eigenvalue weighted by Gasteiger charge is 2.23. The van der Waals surface area contributed by atoms with E-state index < -0.39 is 0 Å². The molecule has 108 valence electrons. The second kappa shape index (κ2) is 6.52. The maximum atomic E-state index is 11.9. The van der Waals surface area contributed by atoms with Crippen LogP contribution in [0.15, 0.2) is 24.3 Å². The summed E-state index contributed by atoms with van der Waals surface area (Å²) < 4.78 is 0. The van der Waals surface area contributed by atoms with E-state index in [1.165, 1.54) is 0 Å². The minimum Gasteiger partial charge on any atom is -0.352 e. The van der Waals surface area contributed by atoms with Crippen LogP contribution in [0.5, 0.6) is 0 Å². The second-order valence-corrected chi connectivity index (χ2v) is 5.30. The fraction of sp³-hybridized carbons (Fsp3) is 0.467. The summed E-state index contributed by atoms with van der Waals surface area (Å²) in [4.78, 5) is 23.6. The van der Waals surface area contributed by atoms with E-state index in [-0.39, 0.29) is 17.7 Å². The van der Waals surface area contributed by atoms with Crippen molar-refractivity contribution >= 4 is 11.8 Å². The van der Waals surface area contributed by atoms with Crippen molar-refractivity contribution in [2.45, 2.75) is 32.4 Å². The zero-order valence-corrected chi connectivity index (χ0v) is 11.7. The lowest BCUT2D eigenvalue weighted by molar-refractivity contribution is -0.124. The van der Waals surface area contributed by atoms with E-state index >= 15 is 0 Å². The molecule has 2 amide bonds. The Morgan fingerprint density at radius 2 is 2.15 bits per heavy atom. The van der Waals surface area contributed by atoms with Crippen LogP contribution in [0.1, 0.15) is 35.7 Å². The van der Waals surface area contributed by atoms with Gasteiger partial charge in [0.2, 0.25) is 5.91 Å². The molecule has 5 heteroatoms. The van der Waals surface area contributed by atoms with Gasteiger partial charge in [0.15, 0.2) is 0 Å². The molecule has 0 spiro atoms. The fourth-order valence-corrected chi connectivity index (χ4v) is 1.79. The number of nitrogens with two attached hydrogens (primary N) is 1. The summed E-state index contributed by atoms with van der Waals surface area (Å²) >= 11 is 0. The third-order valence-electron chi connectivity index (χ3n) is 3.37. The highest BCUT2D eigenvalue weighted by atomic mass is 16.2. The molecule has 1 saturated carbocycles. The number of hydrogen-bond acceptors (Lipinski definition) is 3. The molecule has 0 radical (unpaired) electrons. The number of hydrogen-bond donors (Lipinski definition) is 3. The first-order valence-corrected chi connectivity index (χ1v) is 6.97. The molecule has 1 fully saturated rings. The molecule has 0 saturated heterocycles. The van der Waals surface area contributed by atoms with E-state index in [2.05, 4.69) is 10.6 Å². The van der Waals surface area contributed by atoms with Crippen LogP contribution < -0.4 is 16.4 Å². The molecule has 1 aromatic rings. The van der Waals surface area contributed by atoms with Crippen molar-refractivity contribution in [1.82, 2.24) is 10.6 Å². The van der Waals surface area contributed by atoms with Gasteiger partial charge < -0.3 is 16.4 Å². The van der Waals surface area contributed by atoms with Gasteiger partial charge in [0, 0.05) is 30.6 Å². The van der Waals surface area contributed by atoms with Crippen LogP contribution in [0.4, 0.5) is 0 Å². The lowest BCUT2D eigenvalue weighted by Gasteiger charge is -2.10. The van der Waals surface area contributed by atoms with Crippen LogP contribution in [-0.4, -0.2) is 24.4 Å². The molecule has 1 unspecified atom stereocenters. The molecule has 2 rings (SSSR count). The summed E-state index contributed by atoms with van der Waals surface area (Å²) in [6.45, 7) is 2.53. The lowest BCUT2D eigenvalue weighted by atomic mass is 10.1. The van der Waals surface area contributed by atoms with Crippen molar-refractivity contribution in [3.8, 4) is 0 Å². The predicted octanol–water partition coefficient (Wildman–Crippen LogP) is 0.790. The molecule has 1 aromatic carbocycles. The van der Waals surface area contributed by atoms with Crippen LogP contribution in [0, 0.1) is 5.92 Å². The van der Waals surface area contributed by atoms with E-state index in [1.807, 2.05) is 18.2 Å². The summed E-state index contributed by atoms with van der Waals surface area (Å²) in [6.07, 6.45) is 2.14. The Hall–Kier alpha value is -1.88. The van der Waals surface area contributed by atoms with E-state index in [4.69, 9.17) is 5.73 Å². The highest BCUT2D eigenvalue weighted by molar-refractivity contribution is 5.94. The van der Waals surface area contributed by atoms with Crippen molar-refractivity contribution in [2.75, 3.05) is 6.54 Å². The van der Waals surface area contributed by atoms with Crippen LogP contribution >= 0.6 is 0 Å². The maximum absolute atomic E-state index is 11.9. The van der Waals surface area contributed by atoms with Crippen molar-refractivity contribution in [3.63, 3.8) is 0 Å². The van der Waals surface area contributed by atoms with E-state index in [9.17, 15) is 9.59 Å². The second-order valence-electron chi connectivity index (χ2n) is 5.30. The minimum absolute atomic E-state index is 0.0454. The van der Waals surface area contributed by atoms with Gasteiger partial charge in [-0.1, -0.05) is 19.1 Å². The van der Waals surface area contributed by atoms with Gasteiger partial charge in [0.05, 0.1) is 0 Å². The standard InChI is InChI=1S/C15H21N3O2/c1-10(8-16)14(19)17-9-11-3-2-4-12(7-11)15(20)18-13-5-6-13/h2-4,7,10,13H,5-6,8-9,16H2,1H3,(H,17,19)(H,18,20). The number of benzene rings is 1. The van der Waals surface area contributed by atoms with Crippen molar-refractivity contribution in [3.05, 3.63) is 35.4 Å². The number of carbonyl (C=O) groups is 2. The van der Waals surface area contributed by atoms with Gasteiger partial charge in [-0.2, -0.15) is 0 Å². The van der Waals surface area contributed by atoms with Crippen molar-refractivity contribution in [2.24, 2.45) is 11.7 Å². The molecule has 1 aliphatic rings. The molecular weight excluding hydrogens is 254 g/mol. The first kappa shape index (κ1) is 14.5. The van der Waals surface area contributed by atoms with Gasteiger partial charge in [0.1, 0.15) is 0 Å². The van der Waals surface area contributed by atoms with Crippen LogP contribution in [0.2, 0.25) is 0 Å². The zero-order valence-electron chi connectivity index (χ0n) is 11.7. The van der Waals surface area contributed by atoms with Crippen LogP contribution in [-0.2, 0) is 11.3 Å². The van der Waals surface area contributed by atoms with Gasteiger partial charge in [-0.25, -0.2) is 0 Å².